The molecular formula is C18H16N6O3. The summed E-state index contributed by atoms with van der Waals surface area (Å²) in [5.74, 6) is 0.428. The lowest BCUT2D eigenvalue weighted by atomic mass is 10.1. The topological polar surface area (TPSA) is 123 Å². The van der Waals surface area contributed by atoms with Crippen molar-refractivity contribution in [1.29, 1.82) is 0 Å². The number of nitro groups is 1. The van der Waals surface area contributed by atoms with Crippen LogP contribution in [-0.2, 0) is 0 Å². The zero-order valence-corrected chi connectivity index (χ0v) is 14.6. The Morgan fingerprint density at radius 1 is 1.04 bits per heavy atom. The number of aromatic nitrogens is 3. The van der Waals surface area contributed by atoms with Gasteiger partial charge in [0.05, 0.1) is 4.92 Å². The Bertz CT molecular complexity index is 1000. The third-order valence-electron chi connectivity index (χ3n) is 3.69. The highest BCUT2D eigenvalue weighted by atomic mass is 16.6. The van der Waals surface area contributed by atoms with Crippen molar-refractivity contribution in [2.75, 3.05) is 10.6 Å². The second kappa shape index (κ2) is 7.56. The lowest BCUT2D eigenvalue weighted by molar-refractivity contribution is -0.383. The first-order chi connectivity index (χ1) is 12.9. The Kier molecular flexibility index (Phi) is 5.02. The molecule has 3 rings (SSSR count). The van der Waals surface area contributed by atoms with Crippen LogP contribution in [0.1, 0.15) is 23.0 Å². The Morgan fingerprint density at radius 3 is 2.30 bits per heavy atom. The number of rotatable bonds is 6. The van der Waals surface area contributed by atoms with E-state index in [0.29, 0.717) is 17.1 Å². The number of hydrogen-bond acceptors (Lipinski definition) is 8. The molecule has 0 unspecified atom stereocenters. The number of pyridine rings is 1. The molecule has 0 aliphatic heterocycles. The summed E-state index contributed by atoms with van der Waals surface area (Å²) in [5, 5.41) is 17.4. The molecule has 0 bridgehead atoms. The van der Waals surface area contributed by atoms with E-state index in [1.54, 1.807) is 36.4 Å². The fourth-order valence-corrected chi connectivity index (χ4v) is 2.39. The Balaban J connectivity index is 1.93. The van der Waals surface area contributed by atoms with Gasteiger partial charge in [-0.1, -0.05) is 6.07 Å². The van der Waals surface area contributed by atoms with Crippen molar-refractivity contribution in [1.82, 2.24) is 15.0 Å². The number of nitrogens with one attached hydrogen (secondary N) is 2. The molecule has 3 aromatic rings. The highest BCUT2D eigenvalue weighted by Gasteiger charge is 2.23. The maximum atomic E-state index is 11.6. The van der Waals surface area contributed by atoms with Gasteiger partial charge in [0, 0.05) is 16.9 Å². The average molecular weight is 364 g/mol. The quantitative estimate of drug-likeness (QED) is 0.385. The van der Waals surface area contributed by atoms with Crippen molar-refractivity contribution < 1.29 is 9.72 Å². The number of ketones is 1. The van der Waals surface area contributed by atoms with Crippen LogP contribution in [0.5, 0.6) is 0 Å². The minimum absolute atomic E-state index is 0.0240. The third-order valence-corrected chi connectivity index (χ3v) is 3.69. The first kappa shape index (κ1) is 17.9. The molecule has 2 heterocycles. The molecule has 0 spiro atoms. The number of aryl methyl sites for hydroxylation is 1. The lowest BCUT2D eigenvalue weighted by Gasteiger charge is -2.10. The number of hydrogen-bond donors (Lipinski definition) is 2. The van der Waals surface area contributed by atoms with E-state index in [9.17, 15) is 14.9 Å². The average Bonchev–Trinajstić information content (AvgIpc) is 2.62. The minimum atomic E-state index is -0.565. The van der Waals surface area contributed by atoms with Gasteiger partial charge in [-0.25, -0.2) is 15.0 Å². The molecule has 9 heteroatoms. The van der Waals surface area contributed by atoms with Crippen LogP contribution in [0.25, 0.3) is 0 Å². The van der Waals surface area contributed by atoms with Gasteiger partial charge in [-0.2, -0.15) is 0 Å². The molecule has 0 saturated heterocycles. The second-order valence-electron chi connectivity index (χ2n) is 5.72. The molecule has 136 valence electrons. The van der Waals surface area contributed by atoms with E-state index in [2.05, 4.69) is 25.6 Å². The summed E-state index contributed by atoms with van der Waals surface area (Å²) in [5.41, 5.74) is 1.56. The second-order valence-corrected chi connectivity index (χ2v) is 5.72. The summed E-state index contributed by atoms with van der Waals surface area (Å²) >= 11 is 0. The fraction of sp³-hybridized carbons (Fsp3) is 0.111. The van der Waals surface area contributed by atoms with E-state index in [-0.39, 0.29) is 23.1 Å². The van der Waals surface area contributed by atoms with E-state index >= 15 is 0 Å². The summed E-state index contributed by atoms with van der Waals surface area (Å²) in [6.07, 6.45) is 1.22. The van der Waals surface area contributed by atoms with E-state index in [0.717, 1.165) is 5.69 Å². The molecule has 0 aliphatic carbocycles. The number of carbonyl (C=O) groups is 1. The number of Topliss-reactive ketones (excluding diaryl/α,β-unsaturated/α-hetero) is 1. The maximum absolute atomic E-state index is 11.6. The molecule has 0 radical (unpaired) electrons. The third kappa shape index (κ3) is 4.21. The Morgan fingerprint density at radius 2 is 1.70 bits per heavy atom. The van der Waals surface area contributed by atoms with Crippen molar-refractivity contribution in [3.8, 4) is 0 Å². The van der Waals surface area contributed by atoms with Gasteiger partial charge < -0.3 is 10.6 Å². The predicted molar refractivity (Wildman–Crippen MR) is 101 cm³/mol. The molecule has 0 amide bonds. The summed E-state index contributed by atoms with van der Waals surface area (Å²) in [6, 6.07) is 11.9. The van der Waals surface area contributed by atoms with Gasteiger partial charge in [-0.05, 0) is 50.2 Å². The normalized spacial score (nSPS) is 10.3. The number of nitrogens with zero attached hydrogens (tertiary/aromatic N) is 4. The molecule has 0 fully saturated rings. The molecule has 0 saturated carbocycles. The molecule has 27 heavy (non-hydrogen) atoms. The first-order valence-electron chi connectivity index (χ1n) is 8.02. The largest absolute Gasteiger partial charge is 0.353 e. The highest BCUT2D eigenvalue weighted by molar-refractivity contribution is 5.94. The zero-order valence-electron chi connectivity index (χ0n) is 14.6. The molecule has 2 aromatic heterocycles. The van der Waals surface area contributed by atoms with E-state index < -0.39 is 4.92 Å². The van der Waals surface area contributed by atoms with Gasteiger partial charge in [0.2, 0.25) is 11.6 Å². The monoisotopic (exact) mass is 364 g/mol. The van der Waals surface area contributed by atoms with Gasteiger partial charge in [0.1, 0.15) is 12.1 Å². The van der Waals surface area contributed by atoms with Crippen LogP contribution in [0.2, 0.25) is 0 Å². The van der Waals surface area contributed by atoms with Gasteiger partial charge >= 0.3 is 5.69 Å². The van der Waals surface area contributed by atoms with Gasteiger partial charge in [-0.3, -0.25) is 14.9 Å². The Hall–Kier alpha value is -3.88. The minimum Gasteiger partial charge on any atom is -0.334 e. The SMILES string of the molecule is CC(=O)c1ccc(Nc2ncnc(Nc3cccc(C)n3)c2[N+](=O)[O-])cc1. The van der Waals surface area contributed by atoms with E-state index in [4.69, 9.17) is 0 Å². The first-order valence-corrected chi connectivity index (χ1v) is 8.02. The molecule has 0 aliphatic rings. The molecule has 2 N–H and O–H groups in total. The Labute approximate surface area is 154 Å². The number of anilines is 4. The summed E-state index contributed by atoms with van der Waals surface area (Å²) < 4.78 is 0. The smallest absolute Gasteiger partial charge is 0.334 e. The summed E-state index contributed by atoms with van der Waals surface area (Å²) in [7, 11) is 0. The number of benzene rings is 1. The van der Waals surface area contributed by atoms with Crippen LogP contribution in [-0.4, -0.2) is 25.7 Å². The molecular weight excluding hydrogens is 348 g/mol. The van der Waals surface area contributed by atoms with E-state index in [1.807, 2.05) is 13.0 Å². The van der Waals surface area contributed by atoms with Gasteiger partial charge in [-0.15, -0.1) is 0 Å². The lowest BCUT2D eigenvalue weighted by Crippen LogP contribution is -2.06. The maximum Gasteiger partial charge on any atom is 0.353 e. The van der Waals surface area contributed by atoms with Crippen LogP contribution in [0, 0.1) is 17.0 Å². The van der Waals surface area contributed by atoms with E-state index in [1.165, 1.54) is 13.3 Å². The van der Waals surface area contributed by atoms with Crippen molar-refractivity contribution in [3.63, 3.8) is 0 Å². The van der Waals surface area contributed by atoms with Crippen LogP contribution < -0.4 is 10.6 Å². The van der Waals surface area contributed by atoms with Gasteiger partial charge in [0.15, 0.2) is 5.78 Å². The molecule has 0 atom stereocenters. The van der Waals surface area contributed by atoms with Crippen LogP contribution in [0.15, 0.2) is 48.8 Å². The standard InChI is InChI=1S/C18H16N6O3/c1-11-4-3-5-15(21-11)23-18-16(24(26)27)17(19-10-20-18)22-14-8-6-13(7-9-14)12(2)25/h3-10H,1-2H3,(H2,19,20,21,22,23). The summed E-state index contributed by atoms with van der Waals surface area (Å²) in [6.45, 7) is 3.28. The van der Waals surface area contributed by atoms with Crippen LogP contribution >= 0.6 is 0 Å². The van der Waals surface area contributed by atoms with Crippen molar-refractivity contribution in [2.45, 2.75) is 13.8 Å². The predicted octanol–water partition coefficient (Wildman–Crippen LogP) is 3.78. The van der Waals surface area contributed by atoms with Gasteiger partial charge in [0.25, 0.3) is 0 Å². The highest BCUT2D eigenvalue weighted by Crippen LogP contribution is 2.32. The summed E-state index contributed by atoms with van der Waals surface area (Å²) in [4.78, 5) is 34.6. The number of carbonyl (C=O) groups excluding carboxylic acids is 1. The van der Waals surface area contributed by atoms with Crippen molar-refractivity contribution >= 4 is 34.6 Å². The zero-order chi connectivity index (χ0) is 19.4. The van der Waals surface area contributed by atoms with Crippen LogP contribution in [0.4, 0.5) is 28.8 Å². The van der Waals surface area contributed by atoms with Crippen molar-refractivity contribution in [2.24, 2.45) is 0 Å². The molecule has 9 nitrogen and oxygen atoms in total. The van der Waals surface area contributed by atoms with Crippen LogP contribution in [0.3, 0.4) is 0 Å². The fourth-order valence-electron chi connectivity index (χ4n) is 2.39. The molecule has 1 aromatic carbocycles. The van der Waals surface area contributed by atoms with Crippen molar-refractivity contribution in [3.05, 3.63) is 70.2 Å².